The molecule has 1 N–H and O–H groups in total. The molecule has 4 heteroatoms. The number of carbonyl (C=O) groups is 2. The van der Waals surface area contributed by atoms with E-state index in [0.29, 0.717) is 35.1 Å². The Morgan fingerprint density at radius 2 is 1.58 bits per heavy atom. The Morgan fingerprint density at radius 1 is 0.930 bits per heavy atom. The van der Waals surface area contributed by atoms with E-state index in [1.165, 1.54) is 43.2 Å². The zero-order valence-electron chi connectivity index (χ0n) is 28.4. The normalized spacial score (nSPS) is 22.3. The molecule has 1 heterocycles. The molecule has 0 spiro atoms. The molecule has 43 heavy (non-hydrogen) atoms. The maximum atomic E-state index is 11.4. The average Bonchev–Trinajstić information content (AvgIpc) is 2.99. The minimum atomic E-state index is 0.200. The molecule has 4 atom stereocenters. The van der Waals surface area contributed by atoms with E-state index in [-0.39, 0.29) is 11.3 Å². The zero-order chi connectivity index (χ0) is 31.8. The van der Waals surface area contributed by atoms with Crippen molar-refractivity contribution in [2.75, 3.05) is 20.1 Å². The van der Waals surface area contributed by atoms with Crippen LogP contribution < -0.4 is 0 Å². The van der Waals surface area contributed by atoms with E-state index >= 15 is 0 Å². The number of piperidine rings is 1. The van der Waals surface area contributed by atoms with Crippen molar-refractivity contribution in [1.29, 1.82) is 0 Å². The number of aromatic hydroxyl groups is 1. The average molecular weight is 592 g/mol. The molecule has 0 radical (unpaired) electrons. The smallest absolute Gasteiger partial charge is 0.133 e. The second-order valence-corrected chi connectivity index (χ2v) is 13.6. The highest BCUT2D eigenvalue weighted by molar-refractivity contribution is 5.79. The summed E-state index contributed by atoms with van der Waals surface area (Å²) in [6.45, 7) is 14.7. The van der Waals surface area contributed by atoms with Crippen LogP contribution in [0.4, 0.5) is 0 Å². The lowest BCUT2D eigenvalue weighted by Gasteiger charge is -2.44. The van der Waals surface area contributed by atoms with Crippen molar-refractivity contribution in [3.8, 4) is 5.75 Å². The molecule has 2 aromatic rings. The first-order chi connectivity index (χ1) is 20.5. The van der Waals surface area contributed by atoms with Crippen LogP contribution in [0, 0.1) is 23.7 Å². The number of nitrogens with zero attached hydrogens (tertiary/aromatic N) is 1. The molecular weight excluding hydrogens is 530 g/mol. The van der Waals surface area contributed by atoms with E-state index < -0.39 is 0 Å². The first kappa shape index (κ1) is 36.7. The Balaban J connectivity index is 0.000000227. The van der Waals surface area contributed by atoms with Crippen molar-refractivity contribution in [3.05, 3.63) is 65.7 Å². The molecule has 0 amide bonds. The number of rotatable bonds is 10. The first-order valence-corrected chi connectivity index (χ1v) is 17.0. The molecule has 240 valence electrons. The molecule has 1 aliphatic carbocycles. The lowest BCUT2D eigenvalue weighted by molar-refractivity contribution is -0.123. The van der Waals surface area contributed by atoms with E-state index in [2.05, 4.69) is 57.8 Å². The van der Waals surface area contributed by atoms with Crippen LogP contribution >= 0.6 is 0 Å². The molecule has 1 saturated heterocycles. The summed E-state index contributed by atoms with van der Waals surface area (Å²) in [5.41, 5.74) is 2.74. The van der Waals surface area contributed by atoms with Crippen LogP contribution in [-0.2, 0) is 21.4 Å². The van der Waals surface area contributed by atoms with Crippen molar-refractivity contribution in [2.24, 2.45) is 23.7 Å². The third-order valence-corrected chi connectivity index (χ3v) is 10.1. The number of ketones is 2. The van der Waals surface area contributed by atoms with Gasteiger partial charge >= 0.3 is 0 Å². The van der Waals surface area contributed by atoms with Gasteiger partial charge in [0.15, 0.2) is 0 Å². The van der Waals surface area contributed by atoms with Gasteiger partial charge in [-0.2, -0.15) is 0 Å². The maximum absolute atomic E-state index is 11.4. The topological polar surface area (TPSA) is 57.6 Å². The monoisotopic (exact) mass is 591 g/mol. The fraction of sp³-hybridized carbons (Fsp3) is 0.641. The summed E-state index contributed by atoms with van der Waals surface area (Å²) in [7, 11) is 2.18. The van der Waals surface area contributed by atoms with Gasteiger partial charge in [-0.1, -0.05) is 102 Å². The lowest BCUT2D eigenvalue weighted by atomic mass is 9.68. The Morgan fingerprint density at radius 3 is 2.12 bits per heavy atom. The number of benzene rings is 2. The highest BCUT2D eigenvalue weighted by atomic mass is 16.3. The summed E-state index contributed by atoms with van der Waals surface area (Å²) in [5, 5.41) is 9.59. The second-order valence-electron chi connectivity index (χ2n) is 13.6. The van der Waals surface area contributed by atoms with Crippen molar-refractivity contribution < 1.29 is 14.7 Å². The molecule has 1 saturated carbocycles. The highest BCUT2D eigenvalue weighted by Crippen LogP contribution is 2.39. The summed E-state index contributed by atoms with van der Waals surface area (Å²) in [6.07, 6.45) is 13.1. The van der Waals surface area contributed by atoms with Crippen molar-refractivity contribution in [3.63, 3.8) is 0 Å². The number of Topliss-reactive ketones (excluding diaryl/α,β-unsaturated/α-hetero) is 2. The van der Waals surface area contributed by atoms with Crippen LogP contribution in [0.5, 0.6) is 5.75 Å². The molecule has 2 aromatic carbocycles. The van der Waals surface area contributed by atoms with E-state index in [1.54, 1.807) is 19.9 Å². The van der Waals surface area contributed by atoms with Crippen LogP contribution in [0.25, 0.3) is 0 Å². The number of likely N-dealkylation sites (tertiary alicyclic amines) is 1. The Kier molecular flexibility index (Phi) is 16.3. The Bertz CT molecular complexity index is 1080. The summed E-state index contributed by atoms with van der Waals surface area (Å²) in [6, 6.07) is 18.0. The summed E-state index contributed by atoms with van der Waals surface area (Å²) >= 11 is 0. The van der Waals surface area contributed by atoms with Gasteiger partial charge in [0.05, 0.1) is 0 Å². The largest absolute Gasteiger partial charge is 0.508 e. The molecule has 4 rings (SSSR count). The third-order valence-electron chi connectivity index (χ3n) is 10.1. The molecule has 4 unspecified atom stereocenters. The van der Waals surface area contributed by atoms with Gasteiger partial charge in [0.1, 0.15) is 17.3 Å². The van der Waals surface area contributed by atoms with Crippen molar-refractivity contribution >= 4 is 11.6 Å². The number of hydrogen-bond acceptors (Lipinski definition) is 4. The Labute approximate surface area is 263 Å². The predicted octanol–water partition coefficient (Wildman–Crippen LogP) is 9.43. The fourth-order valence-electron chi connectivity index (χ4n) is 7.03. The van der Waals surface area contributed by atoms with Gasteiger partial charge in [-0.15, -0.1) is 0 Å². The summed E-state index contributed by atoms with van der Waals surface area (Å²) in [4.78, 5) is 25.2. The van der Waals surface area contributed by atoms with Gasteiger partial charge < -0.3 is 10.0 Å². The highest BCUT2D eigenvalue weighted by Gasteiger charge is 2.37. The number of phenolic OH excluding ortho intramolecular Hbond substituents is 1. The molecular formula is C39H61NO3. The van der Waals surface area contributed by atoms with Gasteiger partial charge in [0.2, 0.25) is 0 Å². The quantitative estimate of drug-likeness (QED) is 0.299. The number of carbonyl (C=O) groups excluding carboxylic acids is 2. The van der Waals surface area contributed by atoms with Gasteiger partial charge in [-0.25, -0.2) is 0 Å². The van der Waals surface area contributed by atoms with E-state index in [1.807, 2.05) is 30.3 Å². The van der Waals surface area contributed by atoms with Gasteiger partial charge in [0.25, 0.3) is 0 Å². The van der Waals surface area contributed by atoms with E-state index in [4.69, 9.17) is 0 Å². The third kappa shape index (κ3) is 12.2. The van der Waals surface area contributed by atoms with Crippen LogP contribution in [0.2, 0.25) is 0 Å². The minimum Gasteiger partial charge on any atom is -0.508 e. The number of hydrogen-bond donors (Lipinski definition) is 1. The first-order valence-electron chi connectivity index (χ1n) is 17.0. The predicted molar refractivity (Wildman–Crippen MR) is 182 cm³/mol. The van der Waals surface area contributed by atoms with Gasteiger partial charge in [-0.05, 0) is 106 Å². The SMILES string of the molecule is CC1CN(C)CCC1(C)c1cccc(O)c1.CCCC(C(C)=O)C1CCCCC1.CCCC(Cc1ccccc1)C(C)=O. The Hall–Kier alpha value is -2.46. The molecule has 4 nitrogen and oxygen atoms in total. The van der Waals surface area contributed by atoms with Crippen LogP contribution in [0.15, 0.2) is 54.6 Å². The van der Waals surface area contributed by atoms with Crippen LogP contribution in [0.3, 0.4) is 0 Å². The molecule has 2 aliphatic rings. The van der Waals surface area contributed by atoms with Crippen LogP contribution in [0.1, 0.15) is 117 Å². The van der Waals surface area contributed by atoms with Crippen molar-refractivity contribution in [1.82, 2.24) is 4.90 Å². The summed E-state index contributed by atoms with van der Waals surface area (Å²) in [5.74, 6) is 3.04. The summed E-state index contributed by atoms with van der Waals surface area (Å²) < 4.78 is 0. The van der Waals surface area contributed by atoms with E-state index in [0.717, 1.165) is 51.6 Å². The molecule has 0 bridgehead atoms. The minimum absolute atomic E-state index is 0.200. The van der Waals surface area contributed by atoms with Gasteiger partial charge in [-0.3, -0.25) is 9.59 Å². The van der Waals surface area contributed by atoms with Crippen molar-refractivity contribution in [2.45, 2.75) is 118 Å². The zero-order valence-corrected chi connectivity index (χ0v) is 28.4. The molecule has 1 aliphatic heterocycles. The van der Waals surface area contributed by atoms with Crippen LogP contribution in [-0.4, -0.2) is 41.7 Å². The standard InChI is InChI=1S/C14H21NO.C13H18O.C12H22O/c1-11-10-15(3)8-7-14(11,2)12-5-4-6-13(16)9-12;1-3-7-13(11(2)14)10-12-8-5-4-6-9-12;1-3-7-12(10(2)13)11-8-5-4-6-9-11/h4-6,9,11,16H,7-8,10H2,1-3H3;4-6,8-9,13H,3,7,10H2,1-2H3;11-12H,3-9H2,1-2H3. The van der Waals surface area contributed by atoms with E-state index in [9.17, 15) is 14.7 Å². The maximum Gasteiger partial charge on any atom is 0.133 e. The fourth-order valence-corrected chi connectivity index (χ4v) is 7.03. The molecule has 2 fully saturated rings. The second kappa shape index (κ2) is 19.0. The van der Waals surface area contributed by atoms with Gasteiger partial charge in [0, 0.05) is 18.4 Å². The lowest BCUT2D eigenvalue weighted by Crippen LogP contribution is -2.45. The number of phenols is 1. The molecule has 0 aromatic heterocycles.